The molecule has 14 heteroatoms. The quantitative estimate of drug-likeness (QED) is 0.112. The first-order valence-electron chi connectivity index (χ1n) is 13.8. The Hall–Kier alpha value is -3.59. The summed E-state index contributed by atoms with van der Waals surface area (Å²) < 4.78 is 93.1. The molecule has 4 rings (SSSR count). The Balaban J connectivity index is 0.000000256. The predicted octanol–water partition coefficient (Wildman–Crippen LogP) is 10.4. The van der Waals surface area contributed by atoms with Crippen LogP contribution in [0.2, 0.25) is 0 Å². The zero-order valence-corrected chi connectivity index (χ0v) is 28.5. The van der Waals surface area contributed by atoms with Crippen molar-refractivity contribution in [2.75, 3.05) is 34.4 Å². The van der Waals surface area contributed by atoms with Crippen LogP contribution in [-0.4, -0.2) is 57.0 Å². The van der Waals surface area contributed by atoms with Crippen molar-refractivity contribution in [1.29, 1.82) is 0 Å². The van der Waals surface area contributed by atoms with Crippen LogP contribution in [0.4, 0.5) is 26.3 Å². The van der Waals surface area contributed by atoms with Gasteiger partial charge in [-0.25, -0.2) is 0 Å². The van der Waals surface area contributed by atoms with Crippen LogP contribution in [0.3, 0.4) is 0 Å². The average molecular weight is 748 g/mol. The summed E-state index contributed by atoms with van der Waals surface area (Å²) in [5, 5.41) is 0. The number of nitrogens with zero attached hydrogens (tertiary/aromatic N) is 2. The summed E-state index contributed by atoms with van der Waals surface area (Å²) in [5.74, 6) is 1.64. The Morgan fingerprint density at radius 1 is 0.574 bits per heavy atom. The molecule has 0 saturated heterocycles. The molecular weight excluding hydrogens is 714 g/mol. The van der Waals surface area contributed by atoms with Crippen LogP contribution in [0, 0.1) is 0 Å². The van der Waals surface area contributed by atoms with Crippen LogP contribution < -0.4 is 18.9 Å². The zero-order chi connectivity index (χ0) is 34.8. The summed E-state index contributed by atoms with van der Waals surface area (Å²) in [6, 6.07) is 22.1. The Bertz CT molecular complexity index is 1570. The highest BCUT2D eigenvalue weighted by molar-refractivity contribution is 9.10. The molecule has 0 aliphatic rings. The molecule has 0 spiro atoms. The van der Waals surface area contributed by atoms with Gasteiger partial charge in [0.15, 0.2) is 0 Å². The molecule has 0 bridgehead atoms. The van der Waals surface area contributed by atoms with Gasteiger partial charge in [-0.2, -0.15) is 0 Å². The average Bonchev–Trinajstić information content (AvgIpc) is 2.95. The molecule has 0 fully saturated rings. The van der Waals surface area contributed by atoms with E-state index >= 15 is 0 Å². The zero-order valence-electron chi connectivity index (χ0n) is 26.1. The molecule has 0 amide bonds. The van der Waals surface area contributed by atoms with Crippen molar-refractivity contribution in [3.05, 3.63) is 101 Å². The first-order valence-corrected chi connectivity index (χ1v) is 15.8. The molecule has 0 saturated carbocycles. The maximum atomic E-state index is 12.2. The van der Waals surface area contributed by atoms with Crippen LogP contribution in [0.1, 0.15) is 11.1 Å². The monoisotopic (exact) mass is 746 g/mol. The number of hydrogen-bond donors (Lipinski definition) is 0. The molecule has 0 N–H and O–H groups in total. The van der Waals surface area contributed by atoms with E-state index in [-0.39, 0.29) is 11.5 Å². The lowest BCUT2D eigenvalue weighted by molar-refractivity contribution is -0.275. The Morgan fingerprint density at radius 3 is 1.34 bits per heavy atom. The van der Waals surface area contributed by atoms with Crippen molar-refractivity contribution in [1.82, 2.24) is 9.80 Å². The van der Waals surface area contributed by atoms with Crippen molar-refractivity contribution in [3.8, 4) is 34.5 Å². The van der Waals surface area contributed by atoms with E-state index in [0.29, 0.717) is 36.1 Å². The Labute approximate surface area is 282 Å². The molecule has 0 unspecified atom stereocenters. The summed E-state index contributed by atoms with van der Waals surface area (Å²) >= 11 is 5.05. The second-order valence-electron chi connectivity index (χ2n) is 10.4. The standard InChI is InChI=1S/C17H18F3NO2S.C16H15BrF3NO2/c1-21(2)11-12-10-15(24-3)8-9-16(12)22-13-4-6-14(7-5-13)23-17(18,19)20;1-21(2)10-11-9-12(17)3-8-15(11)22-13-4-6-14(7-5-13)23-16(18,19)20/h4-10H,11H2,1-3H3;3-9H,10H2,1-2H3. The van der Waals surface area contributed by atoms with E-state index in [0.717, 1.165) is 20.5 Å². The van der Waals surface area contributed by atoms with Crippen LogP contribution in [-0.2, 0) is 13.1 Å². The molecule has 0 radical (unpaired) electrons. The van der Waals surface area contributed by atoms with Gasteiger partial charge in [-0.3, -0.25) is 0 Å². The van der Waals surface area contributed by atoms with Gasteiger partial charge in [0.2, 0.25) is 0 Å². The van der Waals surface area contributed by atoms with Gasteiger partial charge in [0.1, 0.15) is 34.5 Å². The molecule has 0 aliphatic heterocycles. The minimum absolute atomic E-state index is 0.277. The summed E-state index contributed by atoms with van der Waals surface area (Å²) in [6.07, 6.45) is -7.41. The van der Waals surface area contributed by atoms with Crippen molar-refractivity contribution < 1.29 is 45.3 Å². The second-order valence-corrected chi connectivity index (χ2v) is 12.2. The third-order valence-corrected chi connectivity index (χ3v) is 7.05. The molecule has 6 nitrogen and oxygen atoms in total. The summed E-state index contributed by atoms with van der Waals surface area (Å²) in [7, 11) is 7.79. The van der Waals surface area contributed by atoms with E-state index in [9.17, 15) is 26.3 Å². The van der Waals surface area contributed by atoms with Crippen LogP contribution in [0.5, 0.6) is 34.5 Å². The number of halogens is 7. The lowest BCUT2D eigenvalue weighted by atomic mass is 10.2. The SMILES string of the molecule is CN(C)Cc1cc(Br)ccc1Oc1ccc(OC(F)(F)F)cc1.CSc1ccc(Oc2ccc(OC(F)(F)F)cc2)c(CN(C)C)c1. The number of hydrogen-bond acceptors (Lipinski definition) is 7. The molecule has 47 heavy (non-hydrogen) atoms. The fraction of sp³-hybridized carbons (Fsp3) is 0.273. The van der Waals surface area contributed by atoms with E-state index in [2.05, 4.69) is 25.4 Å². The van der Waals surface area contributed by atoms with Gasteiger partial charge in [-0.05, 0) is 119 Å². The van der Waals surface area contributed by atoms with Gasteiger partial charge in [-0.1, -0.05) is 15.9 Å². The van der Waals surface area contributed by atoms with Gasteiger partial charge >= 0.3 is 12.7 Å². The van der Waals surface area contributed by atoms with Crippen molar-refractivity contribution in [2.45, 2.75) is 30.7 Å². The Kier molecular flexibility index (Phi) is 13.7. The van der Waals surface area contributed by atoms with E-state index in [4.69, 9.17) is 9.47 Å². The molecule has 4 aromatic carbocycles. The fourth-order valence-corrected chi connectivity index (χ4v) is 4.90. The lowest BCUT2D eigenvalue weighted by Crippen LogP contribution is -2.16. The van der Waals surface area contributed by atoms with Crippen molar-refractivity contribution in [2.24, 2.45) is 0 Å². The smallest absolute Gasteiger partial charge is 0.457 e. The van der Waals surface area contributed by atoms with E-state index < -0.39 is 12.7 Å². The van der Waals surface area contributed by atoms with E-state index in [1.165, 1.54) is 48.5 Å². The minimum Gasteiger partial charge on any atom is -0.457 e. The normalized spacial score (nSPS) is 11.6. The fourth-order valence-electron chi connectivity index (χ4n) is 4.03. The van der Waals surface area contributed by atoms with E-state index in [1.54, 1.807) is 11.8 Å². The molecule has 0 atom stereocenters. The highest BCUT2D eigenvalue weighted by Gasteiger charge is 2.31. The molecule has 254 valence electrons. The van der Waals surface area contributed by atoms with E-state index in [1.807, 2.05) is 80.6 Å². The van der Waals surface area contributed by atoms with Gasteiger partial charge in [0, 0.05) is 33.6 Å². The van der Waals surface area contributed by atoms with Crippen molar-refractivity contribution in [3.63, 3.8) is 0 Å². The highest BCUT2D eigenvalue weighted by atomic mass is 79.9. The number of alkyl halides is 6. The summed E-state index contributed by atoms with van der Waals surface area (Å²) in [5.41, 5.74) is 1.96. The van der Waals surface area contributed by atoms with Crippen LogP contribution >= 0.6 is 27.7 Å². The maximum Gasteiger partial charge on any atom is 0.573 e. The van der Waals surface area contributed by atoms with Crippen LogP contribution in [0.15, 0.2) is 94.3 Å². The number of rotatable bonds is 11. The Morgan fingerprint density at radius 2 is 0.957 bits per heavy atom. The predicted molar refractivity (Wildman–Crippen MR) is 174 cm³/mol. The third-order valence-electron chi connectivity index (χ3n) is 5.83. The third kappa shape index (κ3) is 14.0. The van der Waals surface area contributed by atoms with Gasteiger partial charge in [-0.15, -0.1) is 38.1 Å². The summed E-state index contributed by atoms with van der Waals surface area (Å²) in [6.45, 7) is 1.36. The molecule has 0 aliphatic carbocycles. The largest absolute Gasteiger partial charge is 0.573 e. The lowest BCUT2D eigenvalue weighted by Gasteiger charge is -2.16. The number of benzene rings is 4. The minimum atomic E-state index is -4.70. The summed E-state index contributed by atoms with van der Waals surface area (Å²) in [4.78, 5) is 5.13. The molecule has 0 aromatic heterocycles. The van der Waals surface area contributed by atoms with Gasteiger partial charge < -0.3 is 28.7 Å². The molecule has 0 heterocycles. The number of ether oxygens (including phenoxy) is 4. The molecule has 4 aromatic rings. The van der Waals surface area contributed by atoms with Crippen molar-refractivity contribution >= 4 is 27.7 Å². The first-order chi connectivity index (χ1) is 22.0. The first kappa shape index (κ1) is 37.9. The second kappa shape index (κ2) is 17.0. The topological polar surface area (TPSA) is 43.4 Å². The van der Waals surface area contributed by atoms with Gasteiger partial charge in [0.25, 0.3) is 0 Å². The number of thioether (sulfide) groups is 1. The van der Waals surface area contributed by atoms with Crippen LogP contribution in [0.25, 0.3) is 0 Å². The highest BCUT2D eigenvalue weighted by Crippen LogP contribution is 2.33. The van der Waals surface area contributed by atoms with Gasteiger partial charge in [0.05, 0.1) is 0 Å². The maximum absolute atomic E-state index is 12.2. The molecular formula is C33H33BrF6N2O4S.